The van der Waals surface area contributed by atoms with Crippen molar-refractivity contribution >= 4 is 23.2 Å². The highest BCUT2D eigenvalue weighted by Gasteiger charge is 2.23. The van der Waals surface area contributed by atoms with Gasteiger partial charge in [-0.25, -0.2) is 9.67 Å². The molecule has 1 aromatic carbocycles. The average Bonchev–Trinajstić information content (AvgIpc) is 3.06. The number of morpholine rings is 1. The van der Waals surface area contributed by atoms with Gasteiger partial charge in [0.1, 0.15) is 5.82 Å². The number of piperidine rings is 1. The first kappa shape index (κ1) is 20.1. The van der Waals surface area contributed by atoms with Crippen molar-refractivity contribution in [3.05, 3.63) is 34.1 Å². The first-order chi connectivity index (χ1) is 13.6. The third-order valence-corrected chi connectivity index (χ3v) is 6.36. The van der Waals surface area contributed by atoms with Gasteiger partial charge in [0.2, 0.25) is 0 Å². The fourth-order valence-electron chi connectivity index (χ4n) is 4.05. The van der Waals surface area contributed by atoms with Crippen molar-refractivity contribution in [1.82, 2.24) is 24.6 Å². The van der Waals surface area contributed by atoms with E-state index in [4.69, 9.17) is 27.9 Å². The molecule has 1 aromatic heterocycles. The Morgan fingerprint density at radius 1 is 1.04 bits per heavy atom. The van der Waals surface area contributed by atoms with Crippen molar-refractivity contribution in [2.45, 2.75) is 26.4 Å². The molecule has 0 aliphatic carbocycles. The van der Waals surface area contributed by atoms with E-state index in [1.807, 2.05) is 29.8 Å². The van der Waals surface area contributed by atoms with Crippen molar-refractivity contribution in [1.29, 1.82) is 0 Å². The summed E-state index contributed by atoms with van der Waals surface area (Å²) in [5.74, 6) is 2.39. The topological polar surface area (TPSA) is 46.4 Å². The molecule has 0 amide bonds. The summed E-state index contributed by atoms with van der Waals surface area (Å²) in [6.07, 6.45) is 2.46. The SMILES string of the molecule is Cc1nc(-c2ccc(Cl)c(Cl)c2)n(CN2CCC(CN3CCOCC3)CC2)n1. The number of halogens is 2. The van der Waals surface area contributed by atoms with E-state index in [1.54, 1.807) is 0 Å². The molecular weight excluding hydrogens is 397 g/mol. The van der Waals surface area contributed by atoms with E-state index >= 15 is 0 Å². The van der Waals surface area contributed by atoms with E-state index < -0.39 is 0 Å². The van der Waals surface area contributed by atoms with E-state index in [9.17, 15) is 0 Å². The second-order valence-corrected chi connectivity index (χ2v) is 8.54. The summed E-state index contributed by atoms with van der Waals surface area (Å²) in [6.45, 7) is 9.96. The van der Waals surface area contributed by atoms with Gasteiger partial charge < -0.3 is 4.74 Å². The zero-order chi connectivity index (χ0) is 19.5. The third kappa shape index (κ3) is 4.86. The Bertz CT molecular complexity index is 798. The maximum absolute atomic E-state index is 6.20. The van der Waals surface area contributed by atoms with Crippen LogP contribution in [0.1, 0.15) is 18.7 Å². The van der Waals surface area contributed by atoms with E-state index in [0.29, 0.717) is 10.0 Å². The molecule has 0 saturated carbocycles. The van der Waals surface area contributed by atoms with Gasteiger partial charge in [0.25, 0.3) is 0 Å². The summed E-state index contributed by atoms with van der Waals surface area (Å²) in [6, 6.07) is 5.62. The van der Waals surface area contributed by atoms with Gasteiger partial charge in [-0.15, -0.1) is 0 Å². The molecule has 2 fully saturated rings. The molecule has 0 N–H and O–H groups in total. The highest BCUT2D eigenvalue weighted by atomic mass is 35.5. The molecule has 0 spiro atoms. The van der Waals surface area contributed by atoms with Crippen LogP contribution in [0.3, 0.4) is 0 Å². The number of benzene rings is 1. The van der Waals surface area contributed by atoms with Crippen molar-refractivity contribution in [2.75, 3.05) is 45.9 Å². The van der Waals surface area contributed by atoms with Crippen LogP contribution in [0.25, 0.3) is 11.4 Å². The summed E-state index contributed by atoms with van der Waals surface area (Å²) >= 11 is 12.3. The van der Waals surface area contributed by atoms with Crippen LogP contribution in [0.4, 0.5) is 0 Å². The van der Waals surface area contributed by atoms with Gasteiger partial charge >= 0.3 is 0 Å². The molecule has 4 rings (SSSR count). The minimum Gasteiger partial charge on any atom is -0.379 e. The molecule has 6 nitrogen and oxygen atoms in total. The molecule has 3 heterocycles. The molecule has 0 bridgehead atoms. The second kappa shape index (κ2) is 9.09. The number of hydrogen-bond acceptors (Lipinski definition) is 5. The molecule has 2 aromatic rings. The fraction of sp³-hybridized carbons (Fsp3) is 0.600. The molecule has 2 aliphatic heterocycles. The number of likely N-dealkylation sites (tertiary alicyclic amines) is 1. The van der Waals surface area contributed by atoms with Crippen LogP contribution >= 0.6 is 23.2 Å². The summed E-state index contributed by atoms with van der Waals surface area (Å²) in [4.78, 5) is 9.63. The Kier molecular flexibility index (Phi) is 6.53. The minimum absolute atomic E-state index is 0.537. The molecule has 8 heteroatoms. The van der Waals surface area contributed by atoms with Crippen LogP contribution in [0.15, 0.2) is 18.2 Å². The van der Waals surface area contributed by atoms with Crippen molar-refractivity contribution in [3.8, 4) is 11.4 Å². The molecule has 0 radical (unpaired) electrons. The Morgan fingerprint density at radius 3 is 2.50 bits per heavy atom. The fourth-order valence-corrected chi connectivity index (χ4v) is 4.35. The zero-order valence-corrected chi connectivity index (χ0v) is 17.8. The number of nitrogens with zero attached hydrogens (tertiary/aromatic N) is 5. The first-order valence-corrected chi connectivity index (χ1v) is 10.7. The molecular formula is C20H27Cl2N5O. The predicted molar refractivity (Wildman–Crippen MR) is 112 cm³/mol. The smallest absolute Gasteiger partial charge is 0.159 e. The van der Waals surface area contributed by atoms with Crippen LogP contribution in [0, 0.1) is 12.8 Å². The number of ether oxygens (including phenoxy) is 1. The third-order valence-electron chi connectivity index (χ3n) is 5.62. The van der Waals surface area contributed by atoms with Crippen molar-refractivity contribution < 1.29 is 4.74 Å². The second-order valence-electron chi connectivity index (χ2n) is 7.73. The highest BCUT2D eigenvalue weighted by molar-refractivity contribution is 6.42. The van der Waals surface area contributed by atoms with Crippen molar-refractivity contribution in [3.63, 3.8) is 0 Å². The average molecular weight is 424 g/mol. The van der Waals surface area contributed by atoms with Crippen LogP contribution < -0.4 is 0 Å². The molecule has 0 unspecified atom stereocenters. The van der Waals surface area contributed by atoms with E-state index in [2.05, 4.69) is 19.9 Å². The highest BCUT2D eigenvalue weighted by Crippen LogP contribution is 2.28. The summed E-state index contributed by atoms with van der Waals surface area (Å²) in [5, 5.41) is 5.70. The number of hydrogen-bond donors (Lipinski definition) is 0. The summed E-state index contributed by atoms with van der Waals surface area (Å²) in [5.41, 5.74) is 0.942. The lowest BCUT2D eigenvalue weighted by atomic mass is 9.96. The lowest BCUT2D eigenvalue weighted by molar-refractivity contribution is 0.0229. The van der Waals surface area contributed by atoms with Gasteiger partial charge in [-0.05, 0) is 43.9 Å². The largest absolute Gasteiger partial charge is 0.379 e. The first-order valence-electron chi connectivity index (χ1n) is 9.98. The number of aromatic nitrogens is 3. The quantitative estimate of drug-likeness (QED) is 0.735. The van der Waals surface area contributed by atoms with Crippen LogP contribution in [0.5, 0.6) is 0 Å². The maximum atomic E-state index is 6.20. The van der Waals surface area contributed by atoms with Gasteiger partial charge in [-0.3, -0.25) is 9.80 Å². The number of aryl methyl sites for hydroxylation is 1. The Morgan fingerprint density at radius 2 is 1.79 bits per heavy atom. The molecule has 0 atom stereocenters. The summed E-state index contributed by atoms with van der Waals surface area (Å²) in [7, 11) is 0. The lowest BCUT2D eigenvalue weighted by Crippen LogP contribution is -2.43. The standard InChI is InChI=1S/C20H27Cl2N5O/c1-15-23-20(17-2-3-18(21)19(22)12-17)27(24-15)14-26-6-4-16(5-7-26)13-25-8-10-28-11-9-25/h2-3,12,16H,4-11,13-14H2,1H3. The minimum atomic E-state index is 0.537. The van der Waals surface area contributed by atoms with Gasteiger partial charge in [-0.1, -0.05) is 23.2 Å². The van der Waals surface area contributed by atoms with Gasteiger partial charge in [0.15, 0.2) is 5.82 Å². The Balaban J connectivity index is 1.37. The normalized spacial score (nSPS) is 20.0. The van der Waals surface area contributed by atoms with E-state index in [1.165, 1.54) is 19.4 Å². The van der Waals surface area contributed by atoms with E-state index in [-0.39, 0.29) is 0 Å². The van der Waals surface area contributed by atoms with E-state index in [0.717, 1.165) is 69.2 Å². The molecule has 28 heavy (non-hydrogen) atoms. The monoisotopic (exact) mass is 423 g/mol. The maximum Gasteiger partial charge on any atom is 0.159 e. The van der Waals surface area contributed by atoms with Gasteiger partial charge in [-0.2, -0.15) is 5.10 Å². The molecule has 2 saturated heterocycles. The van der Waals surface area contributed by atoms with Crippen LogP contribution in [-0.4, -0.2) is 70.5 Å². The van der Waals surface area contributed by atoms with Gasteiger partial charge in [0.05, 0.1) is 29.9 Å². The number of rotatable bonds is 5. The van der Waals surface area contributed by atoms with Crippen molar-refractivity contribution in [2.24, 2.45) is 5.92 Å². The van der Waals surface area contributed by atoms with Crippen LogP contribution in [-0.2, 0) is 11.4 Å². The predicted octanol–water partition coefficient (Wildman–Crippen LogP) is 3.56. The zero-order valence-electron chi connectivity index (χ0n) is 16.3. The molecule has 152 valence electrons. The molecule has 2 aliphatic rings. The summed E-state index contributed by atoms with van der Waals surface area (Å²) < 4.78 is 7.44. The Hall–Kier alpha value is -1.18. The lowest BCUT2D eigenvalue weighted by Gasteiger charge is -2.36. The van der Waals surface area contributed by atoms with Gasteiger partial charge in [0, 0.05) is 38.3 Å². The Labute approximate surface area is 176 Å². The van der Waals surface area contributed by atoms with Crippen LogP contribution in [0.2, 0.25) is 10.0 Å².